The molecule has 2 aliphatic rings. The first kappa shape index (κ1) is 18.5. The Morgan fingerprint density at radius 3 is 2.63 bits per heavy atom. The summed E-state index contributed by atoms with van der Waals surface area (Å²) in [5.41, 5.74) is 1.15. The van der Waals surface area contributed by atoms with E-state index in [1.54, 1.807) is 35.4 Å². The largest absolute Gasteiger partial charge is 0.378 e. The molecule has 0 aromatic carbocycles. The van der Waals surface area contributed by atoms with Crippen LogP contribution in [0.2, 0.25) is 0 Å². The van der Waals surface area contributed by atoms with Gasteiger partial charge >= 0.3 is 0 Å². The molecule has 2 aromatic rings. The standard InChI is InChI=1S/C18H25N5O3S/c1-21-12-17(20-13-21)27(24,25)22-8-5-15(6-9-22)23-11-16(26-2)18(23)14-4-3-7-19-10-14/h3-4,7,10,12-13,15-16,18H,5-6,8-9,11H2,1-2H3/t16-,18-/m0/s1. The average molecular weight is 391 g/mol. The van der Waals surface area contributed by atoms with E-state index in [-0.39, 0.29) is 17.2 Å². The Morgan fingerprint density at radius 2 is 2.04 bits per heavy atom. The number of piperidine rings is 1. The average Bonchev–Trinajstić information content (AvgIpc) is 3.10. The molecule has 4 rings (SSSR count). The van der Waals surface area contributed by atoms with Crippen LogP contribution in [0.15, 0.2) is 42.1 Å². The monoisotopic (exact) mass is 391 g/mol. The lowest BCUT2D eigenvalue weighted by Gasteiger charge is -2.52. The minimum Gasteiger partial charge on any atom is -0.378 e. The van der Waals surface area contributed by atoms with Crippen LogP contribution in [0.3, 0.4) is 0 Å². The Hall–Kier alpha value is -1.81. The summed E-state index contributed by atoms with van der Waals surface area (Å²) in [6.07, 6.45) is 8.50. The van der Waals surface area contributed by atoms with E-state index < -0.39 is 10.0 Å². The Labute approximate surface area is 159 Å². The molecule has 9 heteroatoms. The number of hydrogen-bond donors (Lipinski definition) is 0. The van der Waals surface area contributed by atoms with E-state index in [0.717, 1.165) is 24.9 Å². The Kier molecular flexibility index (Phi) is 5.02. The minimum atomic E-state index is -3.51. The molecule has 8 nitrogen and oxygen atoms in total. The van der Waals surface area contributed by atoms with Gasteiger partial charge in [0.15, 0.2) is 5.03 Å². The number of methoxy groups -OCH3 is 1. The first-order chi connectivity index (χ1) is 13.0. The molecule has 0 bridgehead atoms. The molecule has 0 saturated carbocycles. The second-order valence-corrected chi connectivity index (χ2v) is 9.10. The van der Waals surface area contributed by atoms with E-state index in [1.165, 1.54) is 6.33 Å². The highest BCUT2D eigenvalue weighted by molar-refractivity contribution is 7.89. The fourth-order valence-corrected chi connectivity index (χ4v) is 5.54. The van der Waals surface area contributed by atoms with Crippen molar-refractivity contribution in [2.75, 3.05) is 26.7 Å². The van der Waals surface area contributed by atoms with Gasteiger partial charge in [0.05, 0.1) is 18.5 Å². The maximum atomic E-state index is 12.8. The summed E-state index contributed by atoms with van der Waals surface area (Å²) in [6, 6.07) is 4.56. The Bertz CT molecular complexity index is 877. The molecule has 4 heterocycles. The summed E-state index contributed by atoms with van der Waals surface area (Å²) in [6.45, 7) is 1.89. The third-order valence-electron chi connectivity index (χ3n) is 5.61. The number of rotatable bonds is 5. The molecule has 0 N–H and O–H groups in total. The van der Waals surface area contributed by atoms with Crippen molar-refractivity contribution in [2.45, 2.75) is 36.1 Å². The van der Waals surface area contributed by atoms with Gasteiger partial charge in [0.25, 0.3) is 10.0 Å². The van der Waals surface area contributed by atoms with Crippen LogP contribution in [0.1, 0.15) is 24.4 Å². The molecule has 146 valence electrons. The van der Waals surface area contributed by atoms with E-state index in [9.17, 15) is 8.42 Å². The number of aromatic nitrogens is 3. The number of hydrogen-bond acceptors (Lipinski definition) is 6. The predicted octanol–water partition coefficient (Wildman–Crippen LogP) is 1.04. The fraction of sp³-hybridized carbons (Fsp3) is 0.556. The highest BCUT2D eigenvalue weighted by atomic mass is 32.2. The van der Waals surface area contributed by atoms with Crippen molar-refractivity contribution in [1.82, 2.24) is 23.7 Å². The summed E-state index contributed by atoms with van der Waals surface area (Å²) in [4.78, 5) is 10.7. The topological polar surface area (TPSA) is 80.6 Å². The van der Waals surface area contributed by atoms with Gasteiger partial charge in [-0.2, -0.15) is 4.31 Å². The minimum absolute atomic E-state index is 0.125. The van der Waals surface area contributed by atoms with Gasteiger partial charge in [-0.15, -0.1) is 0 Å². The fourth-order valence-electron chi connectivity index (χ4n) is 4.10. The molecule has 27 heavy (non-hydrogen) atoms. The zero-order valence-electron chi connectivity index (χ0n) is 15.6. The second kappa shape index (κ2) is 7.31. The molecule has 2 aliphatic heterocycles. The van der Waals surface area contributed by atoms with Crippen molar-refractivity contribution in [3.8, 4) is 0 Å². The van der Waals surface area contributed by atoms with Gasteiger partial charge in [0.2, 0.25) is 0 Å². The third-order valence-corrected chi connectivity index (χ3v) is 7.39. The zero-order valence-corrected chi connectivity index (χ0v) is 16.4. The van der Waals surface area contributed by atoms with Gasteiger partial charge in [0, 0.05) is 58.4 Å². The zero-order chi connectivity index (χ0) is 19.0. The highest BCUT2D eigenvalue weighted by Crippen LogP contribution is 2.39. The molecule has 2 saturated heterocycles. The summed E-state index contributed by atoms with van der Waals surface area (Å²) >= 11 is 0. The lowest BCUT2D eigenvalue weighted by atomic mass is 9.88. The van der Waals surface area contributed by atoms with Crippen LogP contribution in [0.5, 0.6) is 0 Å². The van der Waals surface area contributed by atoms with Crippen molar-refractivity contribution in [3.05, 3.63) is 42.6 Å². The molecule has 2 fully saturated rings. The van der Waals surface area contributed by atoms with Crippen LogP contribution in [-0.4, -0.2) is 71.0 Å². The number of ether oxygens (including phenoxy) is 1. The van der Waals surface area contributed by atoms with E-state index >= 15 is 0 Å². The number of imidazole rings is 1. The molecule has 2 atom stereocenters. The van der Waals surface area contributed by atoms with Crippen LogP contribution < -0.4 is 0 Å². The maximum absolute atomic E-state index is 12.8. The molecular formula is C18H25N5O3S. The van der Waals surface area contributed by atoms with E-state index in [4.69, 9.17) is 4.74 Å². The first-order valence-corrected chi connectivity index (χ1v) is 10.6. The number of nitrogens with zero attached hydrogens (tertiary/aromatic N) is 5. The van der Waals surface area contributed by atoms with Crippen LogP contribution in [-0.2, 0) is 21.8 Å². The van der Waals surface area contributed by atoms with E-state index in [1.807, 2.05) is 12.3 Å². The quantitative estimate of drug-likeness (QED) is 0.758. The van der Waals surface area contributed by atoms with Gasteiger partial charge in [-0.25, -0.2) is 13.4 Å². The van der Waals surface area contributed by atoms with Gasteiger partial charge in [-0.05, 0) is 24.5 Å². The smallest absolute Gasteiger partial charge is 0.262 e. The van der Waals surface area contributed by atoms with Crippen LogP contribution >= 0.6 is 0 Å². The Morgan fingerprint density at radius 1 is 1.26 bits per heavy atom. The van der Waals surface area contributed by atoms with Crippen molar-refractivity contribution in [3.63, 3.8) is 0 Å². The molecule has 0 amide bonds. The molecule has 2 aromatic heterocycles. The predicted molar refractivity (Wildman–Crippen MR) is 99.5 cm³/mol. The Balaban J connectivity index is 1.43. The van der Waals surface area contributed by atoms with Crippen molar-refractivity contribution in [2.24, 2.45) is 7.05 Å². The molecule has 0 radical (unpaired) electrons. The van der Waals surface area contributed by atoms with Crippen molar-refractivity contribution < 1.29 is 13.2 Å². The van der Waals surface area contributed by atoms with Crippen LogP contribution in [0, 0.1) is 0 Å². The van der Waals surface area contributed by atoms with Gasteiger partial charge in [0.1, 0.15) is 0 Å². The molecule has 0 aliphatic carbocycles. The molecule has 0 spiro atoms. The number of likely N-dealkylation sites (tertiary alicyclic amines) is 1. The van der Waals surface area contributed by atoms with Crippen molar-refractivity contribution in [1.29, 1.82) is 0 Å². The van der Waals surface area contributed by atoms with Gasteiger partial charge in [-0.1, -0.05) is 6.07 Å². The van der Waals surface area contributed by atoms with Crippen LogP contribution in [0.4, 0.5) is 0 Å². The lowest BCUT2D eigenvalue weighted by Crippen LogP contribution is -2.60. The number of sulfonamides is 1. The summed E-state index contributed by atoms with van der Waals surface area (Å²) in [5.74, 6) is 0. The number of pyridine rings is 1. The van der Waals surface area contributed by atoms with Gasteiger partial charge in [-0.3, -0.25) is 9.88 Å². The van der Waals surface area contributed by atoms with E-state index in [2.05, 4.69) is 20.9 Å². The summed E-state index contributed by atoms with van der Waals surface area (Å²) in [7, 11) is 0.00225. The van der Waals surface area contributed by atoms with E-state index in [0.29, 0.717) is 19.1 Å². The number of aryl methyl sites for hydroxylation is 1. The van der Waals surface area contributed by atoms with Crippen molar-refractivity contribution >= 4 is 10.0 Å². The first-order valence-electron chi connectivity index (χ1n) is 9.17. The summed E-state index contributed by atoms with van der Waals surface area (Å²) in [5, 5.41) is 0.125. The maximum Gasteiger partial charge on any atom is 0.262 e. The third kappa shape index (κ3) is 3.40. The van der Waals surface area contributed by atoms with Crippen LogP contribution in [0.25, 0.3) is 0 Å². The summed E-state index contributed by atoms with van der Waals surface area (Å²) < 4.78 is 34.3. The van der Waals surface area contributed by atoms with Gasteiger partial charge < -0.3 is 9.30 Å². The second-order valence-electron chi connectivity index (χ2n) is 7.21. The normalized spacial score (nSPS) is 25.4. The molecule has 0 unspecified atom stereocenters. The SMILES string of the molecule is CO[C@H]1CN(C2CCN(S(=O)(=O)c3cn(C)cn3)CC2)[C@H]1c1cccnc1. The lowest BCUT2D eigenvalue weighted by molar-refractivity contribution is -0.114. The molecular weight excluding hydrogens is 366 g/mol. The highest BCUT2D eigenvalue weighted by Gasteiger charge is 2.45.